The van der Waals surface area contributed by atoms with Crippen LogP contribution in [0.3, 0.4) is 0 Å². The highest BCUT2D eigenvalue weighted by molar-refractivity contribution is 7.15. The summed E-state index contributed by atoms with van der Waals surface area (Å²) in [6, 6.07) is 17.4. The third kappa shape index (κ3) is 5.90. The first-order chi connectivity index (χ1) is 20.3. The molecule has 1 aliphatic heterocycles. The van der Waals surface area contributed by atoms with Crippen LogP contribution in [0, 0.1) is 0 Å². The lowest BCUT2D eigenvalue weighted by Crippen LogP contribution is -2.29. The monoisotopic (exact) mass is 642 g/mol. The fourth-order valence-corrected chi connectivity index (χ4v) is 6.57. The SMILES string of the molecule is COc1ccc(C=O)s1.COc1ccc(CC2=C(c3ccc4nsnc4c3)C(=O)OC2(O)c2ccc(OC)c(Cl)c2)s1. The second-order valence-corrected chi connectivity index (χ2v) is 11.9. The normalized spacial score (nSPS) is 16.2. The number of fused-ring (bicyclic) bond motifs is 1. The Morgan fingerprint density at radius 1 is 0.929 bits per heavy atom. The number of thiophene rings is 2. The summed E-state index contributed by atoms with van der Waals surface area (Å²) in [4.78, 5) is 24.8. The minimum absolute atomic E-state index is 0.266. The molecule has 5 aromatic rings. The van der Waals surface area contributed by atoms with E-state index in [0.717, 1.165) is 38.5 Å². The number of cyclic esters (lactones) is 1. The molecule has 216 valence electrons. The highest BCUT2D eigenvalue weighted by atomic mass is 35.5. The van der Waals surface area contributed by atoms with Gasteiger partial charge in [0.2, 0.25) is 0 Å². The number of halogens is 1. The summed E-state index contributed by atoms with van der Waals surface area (Å²) in [5.41, 5.74) is 3.00. The Hall–Kier alpha value is -3.81. The number of benzene rings is 2. The van der Waals surface area contributed by atoms with Gasteiger partial charge in [0.1, 0.15) is 16.8 Å². The molecule has 4 heterocycles. The summed E-state index contributed by atoms with van der Waals surface area (Å²) in [6.45, 7) is 0. The minimum Gasteiger partial charge on any atom is -0.495 e. The number of carbonyl (C=O) groups excluding carboxylic acids is 2. The Balaban J connectivity index is 0.000000336. The maximum absolute atomic E-state index is 13.2. The molecule has 0 bridgehead atoms. The van der Waals surface area contributed by atoms with Crippen molar-refractivity contribution < 1.29 is 33.6 Å². The van der Waals surface area contributed by atoms with Crippen LogP contribution in [0.15, 0.2) is 66.2 Å². The van der Waals surface area contributed by atoms with Crippen LogP contribution >= 0.6 is 46.0 Å². The number of hydrogen-bond acceptors (Lipinski definition) is 12. The van der Waals surface area contributed by atoms with Gasteiger partial charge in [-0.2, -0.15) is 8.75 Å². The predicted octanol–water partition coefficient (Wildman–Crippen LogP) is 6.39. The van der Waals surface area contributed by atoms with Gasteiger partial charge in [-0.1, -0.05) is 29.0 Å². The molecule has 1 unspecified atom stereocenters. The summed E-state index contributed by atoms with van der Waals surface area (Å²) >= 11 is 10.2. The average Bonchev–Trinajstić information content (AvgIpc) is 3.80. The minimum atomic E-state index is -2.01. The Kier molecular flexibility index (Phi) is 8.90. The number of aromatic nitrogens is 2. The Morgan fingerprint density at radius 3 is 2.31 bits per heavy atom. The smallest absolute Gasteiger partial charge is 0.342 e. The van der Waals surface area contributed by atoms with Gasteiger partial charge in [-0.05, 0) is 60.2 Å². The maximum atomic E-state index is 13.2. The lowest BCUT2D eigenvalue weighted by atomic mass is 9.89. The van der Waals surface area contributed by atoms with Gasteiger partial charge in [-0.25, -0.2) is 4.79 Å². The van der Waals surface area contributed by atoms with Crippen molar-refractivity contribution in [3.8, 4) is 15.9 Å². The molecule has 0 saturated heterocycles. The molecule has 1 N–H and O–H groups in total. The number of hydrogen-bond donors (Lipinski definition) is 1. The van der Waals surface area contributed by atoms with E-state index in [-0.39, 0.29) is 12.0 Å². The zero-order valence-corrected chi connectivity index (χ0v) is 25.7. The number of nitrogens with zero attached hydrogens (tertiary/aromatic N) is 2. The molecule has 0 fully saturated rings. The summed E-state index contributed by atoms with van der Waals surface area (Å²) in [5.74, 6) is -2.19. The van der Waals surface area contributed by atoms with Crippen molar-refractivity contribution in [1.29, 1.82) is 0 Å². The van der Waals surface area contributed by atoms with E-state index in [1.165, 1.54) is 29.8 Å². The van der Waals surface area contributed by atoms with Crippen molar-refractivity contribution in [3.63, 3.8) is 0 Å². The molecule has 3 aromatic heterocycles. The molecule has 1 aliphatic rings. The van der Waals surface area contributed by atoms with E-state index in [9.17, 15) is 14.7 Å². The highest BCUT2D eigenvalue weighted by Crippen LogP contribution is 2.47. The average molecular weight is 643 g/mol. The molecule has 0 saturated carbocycles. The summed E-state index contributed by atoms with van der Waals surface area (Å²) in [7, 11) is 4.68. The molecule has 13 heteroatoms. The number of carbonyl (C=O) groups is 2. The van der Waals surface area contributed by atoms with Crippen LogP contribution in [-0.4, -0.2) is 47.4 Å². The number of rotatable bonds is 8. The fourth-order valence-electron chi connectivity index (χ4n) is 4.33. The summed E-state index contributed by atoms with van der Waals surface area (Å²) in [5, 5.41) is 13.6. The van der Waals surface area contributed by atoms with E-state index in [1.54, 1.807) is 62.8 Å². The second-order valence-electron chi connectivity index (χ2n) is 8.78. The van der Waals surface area contributed by atoms with Crippen molar-refractivity contribution in [2.24, 2.45) is 0 Å². The van der Waals surface area contributed by atoms with Crippen molar-refractivity contribution in [1.82, 2.24) is 8.75 Å². The molecule has 0 radical (unpaired) electrons. The van der Waals surface area contributed by atoms with Crippen molar-refractivity contribution >= 4 is 74.9 Å². The van der Waals surface area contributed by atoms with Gasteiger partial charge in [-0.3, -0.25) is 4.79 Å². The van der Waals surface area contributed by atoms with Gasteiger partial charge < -0.3 is 24.1 Å². The number of aliphatic hydroxyl groups is 1. The molecule has 2 aromatic carbocycles. The lowest BCUT2D eigenvalue weighted by Gasteiger charge is -2.26. The van der Waals surface area contributed by atoms with Gasteiger partial charge in [-0.15, -0.1) is 11.3 Å². The first-order valence-electron chi connectivity index (χ1n) is 12.3. The van der Waals surface area contributed by atoms with Crippen molar-refractivity contribution in [3.05, 3.63) is 92.1 Å². The largest absolute Gasteiger partial charge is 0.495 e. The lowest BCUT2D eigenvalue weighted by molar-refractivity contribution is -0.185. The van der Waals surface area contributed by atoms with E-state index in [2.05, 4.69) is 8.75 Å². The molecule has 1 atom stereocenters. The molecule has 0 spiro atoms. The summed E-state index contributed by atoms with van der Waals surface area (Å²) < 4.78 is 29.5. The molecule has 42 heavy (non-hydrogen) atoms. The maximum Gasteiger partial charge on any atom is 0.342 e. The quantitative estimate of drug-likeness (QED) is 0.152. The van der Waals surface area contributed by atoms with Crippen molar-refractivity contribution in [2.45, 2.75) is 12.2 Å². The van der Waals surface area contributed by atoms with E-state index >= 15 is 0 Å². The zero-order chi connectivity index (χ0) is 29.9. The molecule has 0 amide bonds. The van der Waals surface area contributed by atoms with Gasteiger partial charge >= 0.3 is 5.97 Å². The van der Waals surface area contributed by atoms with Gasteiger partial charge in [0.05, 0.1) is 48.5 Å². The third-order valence-corrected chi connectivity index (χ3v) is 9.22. The Bertz CT molecular complexity index is 1790. The van der Waals surface area contributed by atoms with E-state index in [4.69, 9.17) is 30.5 Å². The van der Waals surface area contributed by atoms with Crippen LogP contribution in [0.5, 0.6) is 15.9 Å². The predicted molar refractivity (Wildman–Crippen MR) is 163 cm³/mol. The number of aldehydes is 1. The van der Waals surface area contributed by atoms with Crippen LogP contribution in [-0.2, 0) is 21.7 Å². The van der Waals surface area contributed by atoms with Crippen LogP contribution in [0.1, 0.15) is 25.7 Å². The molecular weight excluding hydrogens is 620 g/mol. The van der Waals surface area contributed by atoms with E-state index in [1.807, 2.05) is 12.1 Å². The van der Waals surface area contributed by atoms with Crippen LogP contribution in [0.2, 0.25) is 5.02 Å². The second kappa shape index (κ2) is 12.6. The van der Waals surface area contributed by atoms with Gasteiger partial charge in [0, 0.05) is 22.4 Å². The molecular formula is C29H23ClN2O7S3. The molecule has 6 rings (SSSR count). The van der Waals surface area contributed by atoms with Gasteiger partial charge in [0.15, 0.2) is 16.4 Å². The molecule has 9 nitrogen and oxygen atoms in total. The number of ether oxygens (including phenoxy) is 4. The number of esters is 1. The summed E-state index contributed by atoms with van der Waals surface area (Å²) in [6.07, 6.45) is 1.08. The Morgan fingerprint density at radius 2 is 1.67 bits per heavy atom. The van der Waals surface area contributed by atoms with Crippen LogP contribution in [0.25, 0.3) is 16.6 Å². The highest BCUT2D eigenvalue weighted by Gasteiger charge is 2.48. The first kappa shape index (κ1) is 29.7. The first-order valence-corrected chi connectivity index (χ1v) is 15.0. The van der Waals surface area contributed by atoms with Gasteiger partial charge in [0.25, 0.3) is 5.79 Å². The van der Waals surface area contributed by atoms with Crippen molar-refractivity contribution in [2.75, 3.05) is 21.3 Å². The topological polar surface area (TPSA) is 117 Å². The molecule has 0 aliphatic carbocycles. The Labute approximate surface area is 257 Å². The number of methoxy groups -OCH3 is 3. The van der Waals surface area contributed by atoms with Crippen LogP contribution < -0.4 is 14.2 Å². The van der Waals surface area contributed by atoms with Crippen LogP contribution in [0.4, 0.5) is 0 Å². The van der Waals surface area contributed by atoms with E-state index in [0.29, 0.717) is 37.9 Å². The third-order valence-electron chi connectivity index (χ3n) is 6.35. The fraction of sp³-hybridized carbons (Fsp3) is 0.172. The van der Waals surface area contributed by atoms with E-state index < -0.39 is 11.8 Å². The standard InChI is InChI=1S/C23H17ClN2O5S2.C6H6O2S/c1-29-19-7-4-13(10-16(19)24)23(28)15(11-14-5-8-20(30-2)32-14)21(22(27)31-23)12-3-6-17-18(9-12)26-33-25-17;1-8-6-3-2-5(4-7)9-6/h3-10,28H,11H2,1-2H3;2-4H,1H3. The zero-order valence-electron chi connectivity index (χ0n) is 22.5.